The Hall–Kier alpha value is -1.17. The molecule has 0 atom stereocenters. The Kier molecular flexibility index (Phi) is 4.52. The number of benzene rings is 1. The number of para-hydroxylation sites is 1. The Labute approximate surface area is 118 Å². The number of hydrogen-bond acceptors (Lipinski definition) is 3. The van der Waals surface area contributed by atoms with E-state index in [9.17, 15) is 4.79 Å². The number of hydrogen-bond donors (Lipinski definition) is 2. The minimum absolute atomic E-state index is 0.0748. The predicted octanol–water partition coefficient (Wildman–Crippen LogP) is 3.48. The maximum Gasteiger partial charge on any atom is 0.265 e. The third-order valence-electron chi connectivity index (χ3n) is 2.43. The third-order valence-corrected chi connectivity index (χ3v) is 4.05. The van der Waals surface area contributed by atoms with Crippen LogP contribution in [-0.4, -0.2) is 13.0 Å². The molecule has 0 aliphatic carbocycles. The number of amides is 1. The third kappa shape index (κ3) is 3.19. The first-order valence-electron chi connectivity index (χ1n) is 5.50. The Balaban J connectivity index is 2.16. The van der Waals surface area contributed by atoms with Gasteiger partial charge in [0.1, 0.15) is 0 Å². The Morgan fingerprint density at radius 1 is 1.28 bits per heavy atom. The summed E-state index contributed by atoms with van der Waals surface area (Å²) < 4.78 is 0.955. The average Bonchev–Trinajstić information content (AvgIpc) is 2.79. The molecule has 18 heavy (non-hydrogen) atoms. The SMILES string of the molecule is CNCc1ccccc1NC(=O)c1ccc(Br)s1. The van der Waals surface area contributed by atoms with E-state index in [4.69, 9.17) is 0 Å². The second-order valence-corrected chi connectivity index (χ2v) is 6.21. The van der Waals surface area contributed by atoms with E-state index >= 15 is 0 Å². The first kappa shape index (κ1) is 13.3. The van der Waals surface area contributed by atoms with Gasteiger partial charge in [-0.15, -0.1) is 11.3 Å². The lowest BCUT2D eigenvalue weighted by molar-refractivity contribution is 0.103. The van der Waals surface area contributed by atoms with Gasteiger partial charge in [-0.25, -0.2) is 0 Å². The van der Waals surface area contributed by atoms with E-state index in [0.29, 0.717) is 4.88 Å². The minimum atomic E-state index is -0.0748. The molecule has 0 radical (unpaired) electrons. The van der Waals surface area contributed by atoms with Crippen LogP contribution in [0, 0.1) is 0 Å². The lowest BCUT2D eigenvalue weighted by Crippen LogP contribution is -2.14. The molecule has 0 bridgehead atoms. The molecule has 0 spiro atoms. The number of thiophene rings is 1. The maximum atomic E-state index is 12.0. The lowest BCUT2D eigenvalue weighted by Gasteiger charge is -2.09. The monoisotopic (exact) mass is 324 g/mol. The van der Waals surface area contributed by atoms with Gasteiger partial charge in [-0.3, -0.25) is 4.79 Å². The zero-order chi connectivity index (χ0) is 13.0. The van der Waals surface area contributed by atoms with Gasteiger partial charge in [0, 0.05) is 12.2 Å². The summed E-state index contributed by atoms with van der Waals surface area (Å²) in [6.07, 6.45) is 0. The molecule has 2 N–H and O–H groups in total. The highest BCUT2D eigenvalue weighted by molar-refractivity contribution is 9.11. The molecule has 1 heterocycles. The van der Waals surface area contributed by atoms with Crippen LogP contribution in [-0.2, 0) is 6.54 Å². The van der Waals surface area contributed by atoms with Gasteiger partial charge >= 0.3 is 0 Å². The van der Waals surface area contributed by atoms with Crippen molar-refractivity contribution in [3.8, 4) is 0 Å². The van der Waals surface area contributed by atoms with E-state index < -0.39 is 0 Å². The van der Waals surface area contributed by atoms with Gasteiger partial charge in [0.15, 0.2) is 0 Å². The number of halogens is 1. The van der Waals surface area contributed by atoms with Crippen molar-refractivity contribution in [3.05, 3.63) is 50.6 Å². The first-order chi connectivity index (χ1) is 8.70. The van der Waals surface area contributed by atoms with Crippen molar-refractivity contribution < 1.29 is 4.79 Å². The van der Waals surface area contributed by atoms with Gasteiger partial charge in [0.05, 0.1) is 8.66 Å². The summed E-state index contributed by atoms with van der Waals surface area (Å²) in [5, 5.41) is 6.02. The van der Waals surface area contributed by atoms with Crippen LogP contribution >= 0.6 is 27.3 Å². The lowest BCUT2D eigenvalue weighted by atomic mass is 10.1. The van der Waals surface area contributed by atoms with E-state index in [0.717, 1.165) is 21.6 Å². The quantitative estimate of drug-likeness (QED) is 0.904. The van der Waals surface area contributed by atoms with E-state index in [2.05, 4.69) is 26.6 Å². The fraction of sp³-hybridized carbons (Fsp3) is 0.154. The van der Waals surface area contributed by atoms with Crippen LogP contribution in [0.15, 0.2) is 40.2 Å². The molecule has 1 aromatic carbocycles. The van der Waals surface area contributed by atoms with Crippen molar-refractivity contribution in [3.63, 3.8) is 0 Å². The maximum absolute atomic E-state index is 12.0. The van der Waals surface area contributed by atoms with Gasteiger partial charge in [-0.2, -0.15) is 0 Å². The molecular weight excluding hydrogens is 312 g/mol. The Bertz CT molecular complexity index is 553. The number of carbonyl (C=O) groups excluding carboxylic acids is 1. The molecule has 2 rings (SSSR count). The standard InChI is InChI=1S/C13H13BrN2OS/c1-15-8-9-4-2-3-5-10(9)16-13(17)11-6-7-12(14)18-11/h2-7,15H,8H2,1H3,(H,16,17). The van der Waals surface area contributed by atoms with Crippen molar-refractivity contribution in [2.45, 2.75) is 6.54 Å². The van der Waals surface area contributed by atoms with Crippen molar-refractivity contribution in [2.24, 2.45) is 0 Å². The van der Waals surface area contributed by atoms with Crippen LogP contribution in [0.1, 0.15) is 15.2 Å². The van der Waals surface area contributed by atoms with Gasteiger partial charge in [0.25, 0.3) is 5.91 Å². The summed E-state index contributed by atoms with van der Waals surface area (Å²) in [7, 11) is 1.88. The topological polar surface area (TPSA) is 41.1 Å². The van der Waals surface area contributed by atoms with Gasteiger partial charge in [-0.1, -0.05) is 18.2 Å². The van der Waals surface area contributed by atoms with Crippen LogP contribution < -0.4 is 10.6 Å². The molecule has 2 aromatic rings. The molecule has 0 aliphatic rings. The molecule has 0 saturated heterocycles. The van der Waals surface area contributed by atoms with Gasteiger partial charge in [-0.05, 0) is 46.7 Å². The summed E-state index contributed by atoms with van der Waals surface area (Å²) in [5.41, 5.74) is 1.92. The van der Waals surface area contributed by atoms with Gasteiger partial charge in [0.2, 0.25) is 0 Å². The number of carbonyl (C=O) groups is 1. The summed E-state index contributed by atoms with van der Waals surface area (Å²) in [5.74, 6) is -0.0748. The summed E-state index contributed by atoms with van der Waals surface area (Å²) in [6.45, 7) is 0.727. The molecular formula is C13H13BrN2OS. The normalized spacial score (nSPS) is 10.3. The second kappa shape index (κ2) is 6.13. The van der Waals surface area contributed by atoms with Crippen molar-refractivity contribution in [1.29, 1.82) is 0 Å². The van der Waals surface area contributed by atoms with E-state index in [1.807, 2.05) is 43.4 Å². The van der Waals surface area contributed by atoms with Crippen molar-refractivity contribution >= 4 is 38.9 Å². The predicted molar refractivity (Wildman–Crippen MR) is 79.2 cm³/mol. The highest BCUT2D eigenvalue weighted by Crippen LogP contribution is 2.23. The number of anilines is 1. The molecule has 0 saturated carbocycles. The second-order valence-electron chi connectivity index (χ2n) is 3.75. The molecule has 0 fully saturated rings. The fourth-order valence-electron chi connectivity index (χ4n) is 1.61. The molecule has 1 amide bonds. The van der Waals surface area contributed by atoms with Crippen LogP contribution in [0.2, 0.25) is 0 Å². The smallest absolute Gasteiger partial charge is 0.265 e. The molecule has 0 unspecified atom stereocenters. The summed E-state index contributed by atoms with van der Waals surface area (Å²) >= 11 is 4.78. The van der Waals surface area contributed by atoms with Crippen LogP contribution in [0.4, 0.5) is 5.69 Å². The highest BCUT2D eigenvalue weighted by atomic mass is 79.9. The Morgan fingerprint density at radius 2 is 2.06 bits per heavy atom. The minimum Gasteiger partial charge on any atom is -0.321 e. The summed E-state index contributed by atoms with van der Waals surface area (Å²) in [6, 6.07) is 11.5. The zero-order valence-corrected chi connectivity index (χ0v) is 12.3. The van der Waals surface area contributed by atoms with Crippen LogP contribution in [0.5, 0.6) is 0 Å². The molecule has 94 valence electrons. The highest BCUT2D eigenvalue weighted by Gasteiger charge is 2.10. The van der Waals surface area contributed by atoms with Crippen molar-refractivity contribution in [2.75, 3.05) is 12.4 Å². The molecule has 3 nitrogen and oxygen atoms in total. The number of nitrogens with one attached hydrogen (secondary N) is 2. The molecule has 0 aliphatic heterocycles. The van der Waals surface area contributed by atoms with E-state index in [1.165, 1.54) is 11.3 Å². The average molecular weight is 325 g/mol. The fourth-order valence-corrected chi connectivity index (χ4v) is 2.89. The van der Waals surface area contributed by atoms with Crippen molar-refractivity contribution in [1.82, 2.24) is 5.32 Å². The summed E-state index contributed by atoms with van der Waals surface area (Å²) in [4.78, 5) is 12.7. The van der Waals surface area contributed by atoms with Crippen LogP contribution in [0.3, 0.4) is 0 Å². The molecule has 5 heteroatoms. The van der Waals surface area contributed by atoms with Gasteiger partial charge < -0.3 is 10.6 Å². The first-order valence-corrected chi connectivity index (χ1v) is 7.11. The van der Waals surface area contributed by atoms with E-state index in [1.54, 1.807) is 0 Å². The Morgan fingerprint density at radius 3 is 2.72 bits per heavy atom. The molecule has 1 aromatic heterocycles. The van der Waals surface area contributed by atoms with Crippen LogP contribution in [0.25, 0.3) is 0 Å². The number of rotatable bonds is 4. The largest absolute Gasteiger partial charge is 0.321 e. The van der Waals surface area contributed by atoms with E-state index in [-0.39, 0.29) is 5.91 Å². The zero-order valence-electron chi connectivity index (χ0n) is 9.87.